The molecule has 6 aromatic carbocycles. The molecule has 10 heteroatoms. The Bertz CT molecular complexity index is 2330. The van der Waals surface area contributed by atoms with Crippen molar-refractivity contribution >= 4 is 64.2 Å². The summed E-state index contributed by atoms with van der Waals surface area (Å²) in [6, 6.07) is 49.5. The van der Waals surface area contributed by atoms with E-state index in [1.807, 2.05) is 91.0 Å². The Morgan fingerprint density at radius 2 is 1.22 bits per heavy atom. The van der Waals surface area contributed by atoms with Crippen molar-refractivity contribution < 1.29 is 19.2 Å². The summed E-state index contributed by atoms with van der Waals surface area (Å²) in [5.41, 5.74) is 5.58. The molecule has 1 aliphatic rings. The molecule has 0 spiro atoms. The van der Waals surface area contributed by atoms with E-state index < -0.39 is 17.1 Å². The number of anilines is 2. The van der Waals surface area contributed by atoms with Gasteiger partial charge in [0.05, 0.1) is 22.3 Å². The number of hydrogen-bond donors (Lipinski definition) is 2. The molecule has 9 nitrogen and oxygen atoms in total. The van der Waals surface area contributed by atoms with Gasteiger partial charge in [0.2, 0.25) is 11.8 Å². The van der Waals surface area contributed by atoms with Crippen LogP contribution in [0.2, 0.25) is 0 Å². The van der Waals surface area contributed by atoms with E-state index in [0.717, 1.165) is 27.3 Å². The van der Waals surface area contributed by atoms with Crippen LogP contribution >= 0.6 is 11.8 Å². The van der Waals surface area contributed by atoms with Crippen molar-refractivity contribution in [3.63, 3.8) is 0 Å². The predicted molar refractivity (Wildman–Crippen MR) is 213 cm³/mol. The highest BCUT2D eigenvalue weighted by molar-refractivity contribution is 8.00. The van der Waals surface area contributed by atoms with E-state index in [1.54, 1.807) is 78.9 Å². The van der Waals surface area contributed by atoms with Crippen molar-refractivity contribution in [2.45, 2.75) is 16.6 Å². The van der Waals surface area contributed by atoms with E-state index in [1.165, 1.54) is 16.7 Å². The van der Waals surface area contributed by atoms with Gasteiger partial charge in [-0.15, -0.1) is 11.8 Å². The fraction of sp³-hybridized carbons (Fsp3) is 0.0455. The van der Waals surface area contributed by atoms with E-state index in [0.29, 0.717) is 22.6 Å². The van der Waals surface area contributed by atoms with Crippen molar-refractivity contribution in [2.24, 2.45) is 10.2 Å². The normalized spacial score (nSPS) is 14.3. The SMILES string of the molecule is O=C(Nc1ccc(SC2CC(=O)N(c3ccc(N=Nc4ccccc4)cc3)C2=O)cc1)/C(=C/c1ccc(-c2ccccc2)cc1)NC(=O)c1ccccc1. The Kier molecular flexibility index (Phi) is 10.9. The third-order valence-corrected chi connectivity index (χ3v) is 9.70. The van der Waals surface area contributed by atoms with Gasteiger partial charge in [-0.1, -0.05) is 91.0 Å². The first-order valence-corrected chi connectivity index (χ1v) is 18.0. The number of imide groups is 1. The lowest BCUT2D eigenvalue weighted by molar-refractivity contribution is -0.121. The van der Waals surface area contributed by atoms with E-state index in [2.05, 4.69) is 20.9 Å². The molecule has 0 aromatic heterocycles. The lowest BCUT2D eigenvalue weighted by Crippen LogP contribution is -2.31. The van der Waals surface area contributed by atoms with Gasteiger partial charge in [-0.25, -0.2) is 4.90 Å². The van der Waals surface area contributed by atoms with Crippen LogP contribution in [0.1, 0.15) is 22.3 Å². The van der Waals surface area contributed by atoms with Crippen LogP contribution in [0.3, 0.4) is 0 Å². The standard InChI is InChI=1S/C44H33N5O4S/c50-41-29-40(44(53)49(41)37-24-20-36(21-25-37)48-47-35-14-8-3-9-15-35)54-38-26-22-34(23-27-38)45-43(52)39(46-42(51)33-12-6-2-7-13-33)28-30-16-18-32(19-17-30)31-10-4-1-5-11-31/h1-28,40H,29H2,(H,45,52)(H,46,51)/b39-28-,48-47?. The summed E-state index contributed by atoms with van der Waals surface area (Å²) < 4.78 is 0. The minimum Gasteiger partial charge on any atom is -0.321 e. The average molecular weight is 728 g/mol. The van der Waals surface area contributed by atoms with Crippen LogP contribution in [0.4, 0.5) is 22.7 Å². The molecule has 0 saturated carbocycles. The van der Waals surface area contributed by atoms with Crippen LogP contribution < -0.4 is 15.5 Å². The second kappa shape index (κ2) is 16.6. The summed E-state index contributed by atoms with van der Waals surface area (Å²) in [6.45, 7) is 0. The molecule has 0 radical (unpaired) electrons. The number of benzene rings is 6. The largest absolute Gasteiger partial charge is 0.321 e. The van der Waals surface area contributed by atoms with Gasteiger partial charge in [-0.3, -0.25) is 19.2 Å². The van der Waals surface area contributed by atoms with Crippen LogP contribution in [0.5, 0.6) is 0 Å². The Morgan fingerprint density at radius 1 is 0.648 bits per heavy atom. The predicted octanol–water partition coefficient (Wildman–Crippen LogP) is 9.60. The summed E-state index contributed by atoms with van der Waals surface area (Å²) >= 11 is 1.28. The maximum atomic E-state index is 13.6. The zero-order valence-electron chi connectivity index (χ0n) is 28.8. The summed E-state index contributed by atoms with van der Waals surface area (Å²) in [5.74, 6) is -1.51. The summed E-state index contributed by atoms with van der Waals surface area (Å²) in [4.78, 5) is 55.0. The second-order valence-corrected chi connectivity index (χ2v) is 13.6. The smallest absolute Gasteiger partial charge is 0.272 e. The number of azo groups is 1. The molecule has 1 heterocycles. The monoisotopic (exact) mass is 727 g/mol. The van der Waals surface area contributed by atoms with Gasteiger partial charge >= 0.3 is 0 Å². The fourth-order valence-corrected chi connectivity index (χ4v) is 6.79. The molecule has 4 amide bonds. The number of thioether (sulfide) groups is 1. The molecule has 0 aliphatic carbocycles. The van der Waals surface area contributed by atoms with Gasteiger partial charge in [-0.05, 0) is 95.6 Å². The first-order chi connectivity index (χ1) is 26.4. The van der Waals surface area contributed by atoms with Crippen molar-refractivity contribution in [2.75, 3.05) is 10.2 Å². The number of carbonyl (C=O) groups is 4. The highest BCUT2D eigenvalue weighted by atomic mass is 32.2. The Labute approximate surface area is 316 Å². The van der Waals surface area contributed by atoms with Crippen LogP contribution in [0.25, 0.3) is 17.2 Å². The first kappa shape index (κ1) is 35.5. The molecule has 1 atom stereocenters. The summed E-state index contributed by atoms with van der Waals surface area (Å²) in [5, 5.41) is 13.5. The van der Waals surface area contributed by atoms with Gasteiger partial charge in [-0.2, -0.15) is 10.2 Å². The molecule has 1 fully saturated rings. The van der Waals surface area contributed by atoms with Crippen LogP contribution in [-0.4, -0.2) is 28.9 Å². The molecule has 7 rings (SSSR count). The molecule has 264 valence electrons. The Hall–Kier alpha value is -6.91. The number of rotatable bonds is 11. The van der Waals surface area contributed by atoms with Gasteiger partial charge in [0, 0.05) is 22.6 Å². The molecule has 6 aromatic rings. The van der Waals surface area contributed by atoms with Gasteiger partial charge in [0.25, 0.3) is 11.8 Å². The van der Waals surface area contributed by atoms with Crippen LogP contribution in [0, 0.1) is 0 Å². The third-order valence-electron chi connectivity index (χ3n) is 8.50. The lowest BCUT2D eigenvalue weighted by Gasteiger charge is -2.15. The number of hydrogen-bond acceptors (Lipinski definition) is 7. The highest BCUT2D eigenvalue weighted by Gasteiger charge is 2.40. The number of nitrogens with zero attached hydrogens (tertiary/aromatic N) is 3. The third kappa shape index (κ3) is 8.75. The van der Waals surface area contributed by atoms with Crippen LogP contribution in [0.15, 0.2) is 185 Å². The molecule has 1 unspecified atom stereocenters. The fourth-order valence-electron chi connectivity index (χ4n) is 5.74. The topological polar surface area (TPSA) is 120 Å². The van der Waals surface area contributed by atoms with Crippen molar-refractivity contribution in [3.8, 4) is 11.1 Å². The molecule has 1 saturated heterocycles. The molecular weight excluding hydrogens is 695 g/mol. The maximum Gasteiger partial charge on any atom is 0.272 e. The summed E-state index contributed by atoms with van der Waals surface area (Å²) in [6.07, 6.45) is 1.69. The van der Waals surface area contributed by atoms with Crippen LogP contribution in [-0.2, 0) is 14.4 Å². The van der Waals surface area contributed by atoms with Gasteiger partial charge < -0.3 is 10.6 Å². The van der Waals surface area contributed by atoms with E-state index in [-0.39, 0.29) is 23.9 Å². The zero-order valence-corrected chi connectivity index (χ0v) is 29.6. The highest BCUT2D eigenvalue weighted by Crippen LogP contribution is 2.35. The van der Waals surface area contributed by atoms with Crippen molar-refractivity contribution in [1.82, 2.24) is 5.32 Å². The molecule has 2 N–H and O–H groups in total. The van der Waals surface area contributed by atoms with E-state index in [4.69, 9.17) is 0 Å². The quantitative estimate of drug-likeness (QED) is 0.0783. The lowest BCUT2D eigenvalue weighted by atomic mass is 10.0. The molecular formula is C44H33N5O4S. The second-order valence-electron chi connectivity index (χ2n) is 12.3. The first-order valence-electron chi connectivity index (χ1n) is 17.1. The van der Waals surface area contributed by atoms with Gasteiger partial charge in [0.1, 0.15) is 5.70 Å². The number of nitrogens with one attached hydrogen (secondary N) is 2. The molecule has 0 bridgehead atoms. The van der Waals surface area contributed by atoms with Gasteiger partial charge in [0.15, 0.2) is 0 Å². The van der Waals surface area contributed by atoms with E-state index in [9.17, 15) is 19.2 Å². The van der Waals surface area contributed by atoms with Crippen molar-refractivity contribution in [3.05, 3.63) is 181 Å². The molecule has 1 aliphatic heterocycles. The minimum absolute atomic E-state index is 0.0546. The minimum atomic E-state index is -0.605. The number of amides is 4. The molecule has 54 heavy (non-hydrogen) atoms. The number of carbonyl (C=O) groups excluding carboxylic acids is 4. The van der Waals surface area contributed by atoms with E-state index >= 15 is 0 Å². The zero-order chi connectivity index (χ0) is 37.3. The van der Waals surface area contributed by atoms with Crippen molar-refractivity contribution in [1.29, 1.82) is 0 Å². The Morgan fingerprint density at radius 3 is 1.87 bits per heavy atom. The summed E-state index contributed by atoms with van der Waals surface area (Å²) in [7, 11) is 0. The Balaban J connectivity index is 1.01. The maximum absolute atomic E-state index is 13.6. The average Bonchev–Trinajstić information content (AvgIpc) is 3.50.